The Bertz CT molecular complexity index is 459. The lowest BCUT2D eigenvalue weighted by molar-refractivity contribution is -0.135. The maximum absolute atomic E-state index is 12.3. The second kappa shape index (κ2) is 7.69. The summed E-state index contributed by atoms with van der Waals surface area (Å²) in [4.78, 5) is 20.7. The van der Waals surface area contributed by atoms with Gasteiger partial charge in [0, 0.05) is 32.1 Å². The Hall–Kier alpha value is -1.47. The van der Waals surface area contributed by atoms with Gasteiger partial charge in [-0.15, -0.1) is 0 Å². The third-order valence-electron chi connectivity index (χ3n) is 4.59. The van der Waals surface area contributed by atoms with Crippen LogP contribution >= 0.6 is 0 Å². The van der Waals surface area contributed by atoms with E-state index in [-0.39, 0.29) is 5.91 Å². The molecule has 22 heavy (non-hydrogen) atoms. The van der Waals surface area contributed by atoms with Crippen LogP contribution in [0.15, 0.2) is 12.7 Å². The van der Waals surface area contributed by atoms with Gasteiger partial charge in [-0.25, -0.2) is 4.98 Å². The number of likely N-dealkylation sites (tertiary alicyclic amines) is 1. The van der Waals surface area contributed by atoms with Crippen molar-refractivity contribution in [2.24, 2.45) is 0 Å². The van der Waals surface area contributed by atoms with Gasteiger partial charge in [0.2, 0.25) is 5.91 Å². The first-order valence-corrected chi connectivity index (χ1v) is 8.25. The largest absolute Gasteiger partial charge is 0.378 e. The van der Waals surface area contributed by atoms with Crippen molar-refractivity contribution in [2.45, 2.75) is 38.3 Å². The van der Waals surface area contributed by atoms with Gasteiger partial charge >= 0.3 is 0 Å². The Morgan fingerprint density at radius 3 is 2.86 bits per heavy atom. The van der Waals surface area contributed by atoms with Crippen LogP contribution in [0.25, 0.3) is 0 Å². The molecule has 0 spiro atoms. The summed E-state index contributed by atoms with van der Waals surface area (Å²) in [5, 5.41) is 4.20. The average molecular weight is 307 g/mol. The van der Waals surface area contributed by atoms with E-state index in [0.29, 0.717) is 25.7 Å². The van der Waals surface area contributed by atoms with Crippen LogP contribution in [0.1, 0.15) is 25.7 Å². The van der Waals surface area contributed by atoms with Crippen LogP contribution in [0.4, 0.5) is 0 Å². The normalized spacial score (nSPS) is 23.6. The minimum atomic E-state index is 0.258. The van der Waals surface area contributed by atoms with E-state index in [2.05, 4.69) is 15.0 Å². The third kappa shape index (κ3) is 4.04. The van der Waals surface area contributed by atoms with E-state index in [4.69, 9.17) is 4.74 Å². The molecular weight excluding hydrogens is 282 g/mol. The van der Waals surface area contributed by atoms with Gasteiger partial charge in [-0.05, 0) is 19.4 Å². The van der Waals surface area contributed by atoms with Crippen LogP contribution in [0, 0.1) is 0 Å². The predicted molar refractivity (Wildman–Crippen MR) is 81.3 cm³/mol. The lowest BCUT2D eigenvalue weighted by Gasteiger charge is -2.36. The Kier molecular flexibility index (Phi) is 5.39. The van der Waals surface area contributed by atoms with E-state index < -0.39 is 0 Å². The highest BCUT2D eigenvalue weighted by Crippen LogP contribution is 2.18. The Balaban J connectivity index is 1.49. The van der Waals surface area contributed by atoms with Crippen molar-refractivity contribution in [1.82, 2.24) is 24.6 Å². The van der Waals surface area contributed by atoms with Crippen LogP contribution in [0.2, 0.25) is 0 Å². The van der Waals surface area contributed by atoms with Crippen LogP contribution in [0.3, 0.4) is 0 Å². The highest BCUT2D eigenvalue weighted by molar-refractivity contribution is 5.76. The maximum atomic E-state index is 12.3. The molecule has 122 valence electrons. The SMILES string of the molecule is O=C(CCN1CCCCC1Cn1cncn1)N1CCOCC1. The van der Waals surface area contributed by atoms with Gasteiger partial charge < -0.3 is 9.64 Å². The fourth-order valence-corrected chi connectivity index (χ4v) is 3.31. The van der Waals surface area contributed by atoms with E-state index in [0.717, 1.165) is 32.7 Å². The number of hydrogen-bond acceptors (Lipinski definition) is 5. The van der Waals surface area contributed by atoms with Gasteiger partial charge in [0.1, 0.15) is 12.7 Å². The minimum absolute atomic E-state index is 0.258. The van der Waals surface area contributed by atoms with Crippen molar-refractivity contribution in [3.8, 4) is 0 Å². The number of rotatable bonds is 5. The molecule has 1 amide bonds. The van der Waals surface area contributed by atoms with Crippen molar-refractivity contribution >= 4 is 5.91 Å². The van der Waals surface area contributed by atoms with E-state index in [1.54, 1.807) is 12.7 Å². The minimum Gasteiger partial charge on any atom is -0.378 e. The fourth-order valence-electron chi connectivity index (χ4n) is 3.31. The number of carbonyl (C=O) groups excluding carboxylic acids is 1. The number of aromatic nitrogens is 3. The number of hydrogen-bond donors (Lipinski definition) is 0. The molecule has 1 aromatic rings. The summed E-state index contributed by atoms with van der Waals surface area (Å²) in [6, 6.07) is 0.466. The first-order chi connectivity index (χ1) is 10.8. The van der Waals surface area contributed by atoms with Crippen molar-refractivity contribution in [2.75, 3.05) is 39.4 Å². The molecule has 1 aromatic heterocycles. The molecular formula is C15H25N5O2. The summed E-state index contributed by atoms with van der Waals surface area (Å²) in [5.74, 6) is 0.258. The molecule has 7 nitrogen and oxygen atoms in total. The lowest BCUT2D eigenvalue weighted by Crippen LogP contribution is -2.45. The molecule has 0 bridgehead atoms. The summed E-state index contributed by atoms with van der Waals surface area (Å²) in [6.45, 7) is 5.61. The molecule has 2 aliphatic rings. The van der Waals surface area contributed by atoms with Crippen molar-refractivity contribution in [1.29, 1.82) is 0 Å². The van der Waals surface area contributed by atoms with Crippen LogP contribution in [0.5, 0.6) is 0 Å². The quantitative estimate of drug-likeness (QED) is 0.787. The number of ether oxygens (including phenoxy) is 1. The van der Waals surface area contributed by atoms with Gasteiger partial charge in [-0.1, -0.05) is 6.42 Å². The van der Waals surface area contributed by atoms with Gasteiger partial charge in [0.15, 0.2) is 0 Å². The van der Waals surface area contributed by atoms with Crippen LogP contribution in [-0.4, -0.2) is 75.9 Å². The fraction of sp³-hybridized carbons (Fsp3) is 0.800. The first kappa shape index (κ1) is 15.4. The molecule has 7 heteroatoms. The summed E-state index contributed by atoms with van der Waals surface area (Å²) in [6.07, 6.45) is 7.60. The lowest BCUT2D eigenvalue weighted by atomic mass is 10.0. The molecule has 0 aliphatic carbocycles. The average Bonchev–Trinajstić information content (AvgIpc) is 3.07. The molecule has 2 aliphatic heterocycles. The van der Waals surface area contributed by atoms with Crippen molar-refractivity contribution in [3.05, 3.63) is 12.7 Å². The summed E-state index contributed by atoms with van der Waals surface area (Å²) < 4.78 is 7.20. The van der Waals surface area contributed by atoms with Gasteiger partial charge in [-0.3, -0.25) is 14.4 Å². The van der Waals surface area contributed by atoms with E-state index in [1.165, 1.54) is 19.3 Å². The van der Waals surface area contributed by atoms with Gasteiger partial charge in [0.05, 0.1) is 19.8 Å². The topological polar surface area (TPSA) is 63.5 Å². The Labute approximate surface area is 131 Å². The number of morpholine rings is 1. The van der Waals surface area contributed by atoms with Crippen LogP contribution in [-0.2, 0) is 16.1 Å². The molecule has 2 fully saturated rings. The predicted octanol–water partition coefficient (Wildman–Crippen LogP) is 0.382. The van der Waals surface area contributed by atoms with E-state index in [9.17, 15) is 4.79 Å². The number of nitrogens with zero attached hydrogens (tertiary/aromatic N) is 5. The van der Waals surface area contributed by atoms with E-state index >= 15 is 0 Å². The molecule has 1 atom stereocenters. The van der Waals surface area contributed by atoms with Gasteiger partial charge in [-0.2, -0.15) is 5.10 Å². The van der Waals surface area contributed by atoms with Crippen LogP contribution < -0.4 is 0 Å². The zero-order chi connectivity index (χ0) is 15.2. The zero-order valence-electron chi connectivity index (χ0n) is 13.1. The summed E-state index contributed by atoms with van der Waals surface area (Å²) in [5.41, 5.74) is 0. The molecule has 0 saturated carbocycles. The van der Waals surface area contributed by atoms with E-state index in [1.807, 2.05) is 9.58 Å². The molecule has 1 unspecified atom stereocenters. The second-order valence-corrected chi connectivity index (χ2v) is 6.05. The molecule has 0 aromatic carbocycles. The Morgan fingerprint density at radius 2 is 2.09 bits per heavy atom. The van der Waals surface area contributed by atoms with Crippen molar-refractivity contribution in [3.63, 3.8) is 0 Å². The highest BCUT2D eigenvalue weighted by atomic mass is 16.5. The zero-order valence-corrected chi connectivity index (χ0v) is 13.1. The third-order valence-corrected chi connectivity index (χ3v) is 4.59. The maximum Gasteiger partial charge on any atom is 0.224 e. The smallest absolute Gasteiger partial charge is 0.224 e. The number of amides is 1. The molecule has 0 N–H and O–H groups in total. The van der Waals surface area contributed by atoms with Crippen molar-refractivity contribution < 1.29 is 9.53 Å². The second-order valence-electron chi connectivity index (χ2n) is 6.05. The molecule has 3 heterocycles. The molecule has 0 radical (unpaired) electrons. The number of carbonyl (C=O) groups is 1. The summed E-state index contributed by atoms with van der Waals surface area (Å²) >= 11 is 0. The first-order valence-electron chi connectivity index (χ1n) is 8.25. The van der Waals surface area contributed by atoms with Gasteiger partial charge in [0.25, 0.3) is 0 Å². The Morgan fingerprint density at radius 1 is 1.23 bits per heavy atom. The molecule has 2 saturated heterocycles. The highest BCUT2D eigenvalue weighted by Gasteiger charge is 2.24. The molecule has 3 rings (SSSR count). The summed E-state index contributed by atoms with van der Waals surface area (Å²) in [7, 11) is 0. The number of piperidine rings is 1. The monoisotopic (exact) mass is 307 g/mol. The standard InChI is InChI=1S/C15H25N5O2/c21-15(19-7-9-22-10-8-19)4-6-18-5-2-1-3-14(18)11-20-13-16-12-17-20/h12-14H,1-11H2.